The van der Waals surface area contributed by atoms with Gasteiger partial charge in [0.1, 0.15) is 0 Å². The average molecular weight is 405 g/mol. The first-order valence-corrected chi connectivity index (χ1v) is 7.01. The van der Waals surface area contributed by atoms with Crippen molar-refractivity contribution >= 4 is 44.3 Å². The molecule has 0 saturated heterocycles. The van der Waals surface area contributed by atoms with Gasteiger partial charge < -0.3 is 0 Å². The summed E-state index contributed by atoms with van der Waals surface area (Å²) in [5, 5.41) is 4.12. The number of hydrogen-bond acceptors (Lipinski definition) is 2. The maximum atomic E-state index is 12.3. The fourth-order valence-corrected chi connectivity index (χ4v) is 2.42. The molecular formula is C12H10BrIN2O. The van der Waals surface area contributed by atoms with E-state index < -0.39 is 0 Å². The van der Waals surface area contributed by atoms with E-state index in [0.29, 0.717) is 11.1 Å². The number of nitrogens with zero attached hydrogens (tertiary/aromatic N) is 2. The molecule has 0 spiro atoms. The Balaban J connectivity index is 2.39. The Bertz CT molecular complexity index is 565. The summed E-state index contributed by atoms with van der Waals surface area (Å²) in [6.07, 6.45) is 3.39. The number of hydrogen-bond donors (Lipinski definition) is 0. The maximum absolute atomic E-state index is 12.3. The molecule has 0 amide bonds. The van der Waals surface area contributed by atoms with Gasteiger partial charge in [-0.15, -0.1) is 0 Å². The molecule has 0 unspecified atom stereocenters. The minimum Gasteiger partial charge on any atom is -0.288 e. The standard InChI is InChI=1S/C12H10BrIN2O/c1-2-16-7-8(6-15-16)12(17)10-5-9(13)3-4-11(10)14/h3-7H,2H2,1H3. The van der Waals surface area contributed by atoms with E-state index in [1.54, 1.807) is 17.1 Å². The number of rotatable bonds is 3. The highest BCUT2D eigenvalue weighted by atomic mass is 127. The zero-order chi connectivity index (χ0) is 12.4. The summed E-state index contributed by atoms with van der Waals surface area (Å²) in [7, 11) is 0. The number of aryl methyl sites for hydroxylation is 1. The molecule has 0 atom stereocenters. The molecule has 2 aromatic rings. The molecule has 0 aliphatic rings. The molecule has 1 aromatic carbocycles. The zero-order valence-corrected chi connectivity index (χ0v) is 12.9. The maximum Gasteiger partial charge on any atom is 0.197 e. The Morgan fingerprint density at radius 1 is 1.53 bits per heavy atom. The van der Waals surface area contributed by atoms with Crippen LogP contribution in [-0.4, -0.2) is 15.6 Å². The van der Waals surface area contributed by atoms with Gasteiger partial charge in [-0.2, -0.15) is 5.10 Å². The Morgan fingerprint density at radius 3 is 2.94 bits per heavy atom. The smallest absolute Gasteiger partial charge is 0.197 e. The fraction of sp³-hybridized carbons (Fsp3) is 0.167. The van der Waals surface area contributed by atoms with Crippen LogP contribution < -0.4 is 0 Å². The van der Waals surface area contributed by atoms with Gasteiger partial charge in [0.2, 0.25) is 0 Å². The number of ketones is 1. The number of halogens is 2. The molecule has 0 N–H and O–H groups in total. The van der Waals surface area contributed by atoms with Crippen LogP contribution in [0, 0.1) is 3.57 Å². The third-order valence-corrected chi connectivity index (χ3v) is 3.83. The Hall–Kier alpha value is -0.690. The van der Waals surface area contributed by atoms with Crippen molar-refractivity contribution < 1.29 is 4.79 Å². The van der Waals surface area contributed by atoms with Crippen molar-refractivity contribution in [1.29, 1.82) is 0 Å². The van der Waals surface area contributed by atoms with E-state index in [-0.39, 0.29) is 5.78 Å². The van der Waals surface area contributed by atoms with Gasteiger partial charge in [0.15, 0.2) is 5.78 Å². The van der Waals surface area contributed by atoms with Crippen molar-refractivity contribution in [2.75, 3.05) is 0 Å². The molecule has 17 heavy (non-hydrogen) atoms. The second-order valence-corrected chi connectivity index (χ2v) is 5.62. The predicted octanol–water partition coefficient (Wildman–Crippen LogP) is 3.50. The molecule has 0 saturated carbocycles. The number of benzene rings is 1. The third-order valence-electron chi connectivity index (χ3n) is 2.39. The topological polar surface area (TPSA) is 34.9 Å². The van der Waals surface area contributed by atoms with Crippen LogP contribution in [0.5, 0.6) is 0 Å². The molecule has 0 radical (unpaired) electrons. The van der Waals surface area contributed by atoms with Crippen molar-refractivity contribution in [2.45, 2.75) is 13.5 Å². The van der Waals surface area contributed by atoms with E-state index in [4.69, 9.17) is 0 Å². The van der Waals surface area contributed by atoms with Gasteiger partial charge in [-0.05, 0) is 47.7 Å². The van der Waals surface area contributed by atoms with Crippen molar-refractivity contribution in [3.63, 3.8) is 0 Å². The summed E-state index contributed by atoms with van der Waals surface area (Å²) in [5.74, 6) is 0.00963. The highest BCUT2D eigenvalue weighted by Crippen LogP contribution is 2.21. The van der Waals surface area contributed by atoms with Gasteiger partial charge in [0, 0.05) is 26.3 Å². The number of carbonyl (C=O) groups is 1. The normalized spacial score (nSPS) is 10.5. The molecule has 5 heteroatoms. The van der Waals surface area contributed by atoms with Gasteiger partial charge in [-0.1, -0.05) is 15.9 Å². The summed E-state index contributed by atoms with van der Waals surface area (Å²) >= 11 is 5.55. The Labute approximate surface area is 121 Å². The predicted molar refractivity (Wildman–Crippen MR) is 78.2 cm³/mol. The molecule has 0 aliphatic carbocycles. The monoisotopic (exact) mass is 404 g/mol. The van der Waals surface area contributed by atoms with Crippen LogP contribution in [0.2, 0.25) is 0 Å². The molecule has 88 valence electrons. The highest BCUT2D eigenvalue weighted by molar-refractivity contribution is 14.1. The van der Waals surface area contributed by atoms with E-state index in [0.717, 1.165) is 14.6 Å². The minimum absolute atomic E-state index is 0.00963. The first-order valence-electron chi connectivity index (χ1n) is 5.14. The van der Waals surface area contributed by atoms with E-state index >= 15 is 0 Å². The molecule has 1 heterocycles. The lowest BCUT2D eigenvalue weighted by molar-refractivity contribution is 0.103. The molecule has 1 aromatic heterocycles. The Morgan fingerprint density at radius 2 is 2.29 bits per heavy atom. The third kappa shape index (κ3) is 2.77. The first-order chi connectivity index (χ1) is 8.11. The minimum atomic E-state index is 0.00963. The van der Waals surface area contributed by atoms with Crippen LogP contribution >= 0.6 is 38.5 Å². The number of carbonyl (C=O) groups excluding carboxylic acids is 1. The molecular weight excluding hydrogens is 395 g/mol. The number of aromatic nitrogens is 2. The molecule has 0 aliphatic heterocycles. The van der Waals surface area contributed by atoms with Crippen molar-refractivity contribution in [2.24, 2.45) is 0 Å². The van der Waals surface area contributed by atoms with Crippen molar-refractivity contribution in [1.82, 2.24) is 9.78 Å². The van der Waals surface area contributed by atoms with Crippen LogP contribution in [0.25, 0.3) is 0 Å². The van der Waals surface area contributed by atoms with Crippen LogP contribution in [-0.2, 0) is 6.54 Å². The van der Waals surface area contributed by atoms with E-state index in [1.165, 1.54) is 0 Å². The quantitative estimate of drug-likeness (QED) is 0.579. The lowest BCUT2D eigenvalue weighted by Gasteiger charge is -2.02. The van der Waals surface area contributed by atoms with E-state index in [2.05, 4.69) is 43.6 Å². The second kappa shape index (κ2) is 5.30. The van der Waals surface area contributed by atoms with Crippen LogP contribution in [0.4, 0.5) is 0 Å². The van der Waals surface area contributed by atoms with E-state index in [1.807, 2.05) is 25.1 Å². The molecule has 3 nitrogen and oxygen atoms in total. The summed E-state index contributed by atoms with van der Waals surface area (Å²) in [5.41, 5.74) is 1.33. The molecule has 0 bridgehead atoms. The average Bonchev–Trinajstić information content (AvgIpc) is 2.80. The second-order valence-electron chi connectivity index (χ2n) is 3.54. The summed E-state index contributed by atoms with van der Waals surface area (Å²) < 4.78 is 3.60. The first kappa shape index (κ1) is 12.8. The van der Waals surface area contributed by atoms with Gasteiger partial charge in [0.05, 0.1) is 11.8 Å². The SMILES string of the molecule is CCn1cc(C(=O)c2cc(Br)ccc2I)cn1. The van der Waals surface area contributed by atoms with E-state index in [9.17, 15) is 4.79 Å². The molecule has 2 rings (SSSR count). The summed E-state index contributed by atoms with van der Waals surface area (Å²) in [6.45, 7) is 2.76. The van der Waals surface area contributed by atoms with Gasteiger partial charge >= 0.3 is 0 Å². The van der Waals surface area contributed by atoms with Crippen LogP contribution in [0.3, 0.4) is 0 Å². The Kier molecular flexibility index (Phi) is 3.98. The van der Waals surface area contributed by atoms with Gasteiger partial charge in [0.25, 0.3) is 0 Å². The van der Waals surface area contributed by atoms with Crippen molar-refractivity contribution in [3.05, 3.63) is 49.8 Å². The van der Waals surface area contributed by atoms with Gasteiger partial charge in [-0.3, -0.25) is 9.48 Å². The van der Waals surface area contributed by atoms with Crippen LogP contribution in [0.15, 0.2) is 35.1 Å². The largest absolute Gasteiger partial charge is 0.288 e. The lowest BCUT2D eigenvalue weighted by atomic mass is 10.1. The van der Waals surface area contributed by atoms with Crippen molar-refractivity contribution in [3.8, 4) is 0 Å². The molecule has 0 fully saturated rings. The lowest BCUT2D eigenvalue weighted by Crippen LogP contribution is -2.03. The van der Waals surface area contributed by atoms with Gasteiger partial charge in [-0.25, -0.2) is 0 Å². The zero-order valence-electron chi connectivity index (χ0n) is 9.15. The van der Waals surface area contributed by atoms with Crippen LogP contribution in [0.1, 0.15) is 22.8 Å². The summed E-state index contributed by atoms with van der Waals surface area (Å²) in [6, 6.07) is 5.68. The highest BCUT2D eigenvalue weighted by Gasteiger charge is 2.14. The summed E-state index contributed by atoms with van der Waals surface area (Å²) in [4.78, 5) is 12.3. The fourth-order valence-electron chi connectivity index (χ4n) is 1.48.